The molecule has 6 aromatic rings. The zero-order chi connectivity index (χ0) is 58.1. The maximum Gasteiger partial charge on any atom is 1.00 e. The summed E-state index contributed by atoms with van der Waals surface area (Å²) in [6.07, 6.45) is 6.37. The van der Waals surface area contributed by atoms with Gasteiger partial charge >= 0.3 is 30.8 Å². The number of methoxy groups -OCH3 is 1. The summed E-state index contributed by atoms with van der Waals surface area (Å²) in [4.78, 5) is 82.4. The zero-order valence-corrected chi connectivity index (χ0v) is 51.1. The largest absolute Gasteiger partial charge is 1.00 e. The molecule has 2 aromatic heterocycles. The average Bonchev–Trinajstić information content (AvgIpc) is 3.57. The Morgan fingerprint density at radius 1 is 0.524 bits per heavy atom. The maximum atomic E-state index is 14.0. The number of carboxylic acid groups (broad SMARTS) is 1. The van der Waals surface area contributed by atoms with Gasteiger partial charge in [-0.3, -0.25) is 28.8 Å². The summed E-state index contributed by atoms with van der Waals surface area (Å²) >= 11 is 0. The topological polar surface area (TPSA) is 208 Å². The van der Waals surface area contributed by atoms with Crippen molar-refractivity contribution in [2.24, 2.45) is 11.8 Å². The van der Waals surface area contributed by atoms with Crippen LogP contribution in [0, 0.1) is 39.5 Å². The number of benzene rings is 4. The van der Waals surface area contributed by atoms with Crippen LogP contribution < -0.4 is 30.0 Å². The quantitative estimate of drug-likeness (QED) is 0.0399. The first-order valence-corrected chi connectivity index (χ1v) is 27.8. The Bertz CT molecular complexity index is 3120. The van der Waals surface area contributed by atoms with Crippen molar-refractivity contribution in [3.63, 3.8) is 0 Å². The molecule has 2 heterocycles. The van der Waals surface area contributed by atoms with Gasteiger partial charge in [0, 0.05) is 62.3 Å². The van der Waals surface area contributed by atoms with Gasteiger partial charge in [-0.1, -0.05) is 125 Å². The molecule has 0 aliphatic carbocycles. The Morgan fingerprint density at radius 2 is 0.878 bits per heavy atom. The molecule has 0 amide bonds. The van der Waals surface area contributed by atoms with Crippen molar-refractivity contribution >= 4 is 23.5 Å². The van der Waals surface area contributed by atoms with E-state index in [9.17, 15) is 33.9 Å². The van der Waals surface area contributed by atoms with E-state index in [1.807, 2.05) is 115 Å². The molecule has 0 bridgehead atoms. The SMILES string of the molecule is COC(=O)C[C@H](CC(=O)C(CC(C)C)n1cc(CCN(C)C)ccc1=O)c1cccc(-c2c(C)cccc2C)c1.Cc1cccc(C)c1-c1cccc([C@H](CC(=O)O)CC(=O)C(CC(C)C)n2cc(CCN(C)C)ccc2=O)c1.[Li+].[OH-].[OH-]. The number of carbonyl (C=O) groups is 4. The minimum atomic E-state index is -0.950. The number of nitrogens with zero attached hydrogens (tertiary/aromatic N) is 4. The minimum Gasteiger partial charge on any atom is -0.870 e. The number of ketones is 2. The molecule has 6 rings (SSSR count). The number of likely N-dealkylation sites (N-methyl/N-ethyl adjacent to an activating group) is 2. The van der Waals surface area contributed by atoms with Crippen LogP contribution >= 0.6 is 0 Å². The van der Waals surface area contributed by atoms with Crippen LogP contribution in [0.15, 0.2) is 131 Å². The Morgan fingerprint density at radius 3 is 1.21 bits per heavy atom. The molecule has 0 spiro atoms. The molecule has 4 aromatic carbocycles. The van der Waals surface area contributed by atoms with Crippen molar-refractivity contribution in [3.8, 4) is 22.3 Å². The number of aryl methyl sites for hydroxylation is 4. The second kappa shape index (κ2) is 34.2. The smallest absolute Gasteiger partial charge is 0.870 e. The van der Waals surface area contributed by atoms with Crippen molar-refractivity contribution in [3.05, 3.63) is 187 Å². The molecule has 82 heavy (non-hydrogen) atoms. The Balaban J connectivity index is 0.000000540. The predicted molar refractivity (Wildman–Crippen MR) is 323 cm³/mol. The second-order valence-electron chi connectivity index (χ2n) is 22.9. The number of Topliss-reactive ketones (excluding diaryl/α,β-unsaturated/α-hetero) is 2. The number of carboxylic acids is 1. The summed E-state index contributed by atoms with van der Waals surface area (Å²) in [6.45, 7) is 18.2. The number of aliphatic carboxylic acids is 1. The maximum absolute atomic E-state index is 14.0. The normalized spacial score (nSPS) is 12.5. The van der Waals surface area contributed by atoms with Gasteiger partial charge in [0.15, 0.2) is 11.6 Å². The number of hydrogen-bond acceptors (Lipinski definition) is 11. The molecular weight excluding hydrogens is 1030 g/mol. The van der Waals surface area contributed by atoms with E-state index in [-0.39, 0.29) is 102 Å². The summed E-state index contributed by atoms with van der Waals surface area (Å²) in [5.41, 5.74) is 12.3. The van der Waals surface area contributed by atoms with Crippen molar-refractivity contribution in [1.82, 2.24) is 18.9 Å². The predicted octanol–water partition coefficient (Wildman–Crippen LogP) is 8.82. The number of hydrogen-bond donors (Lipinski definition) is 1. The van der Waals surface area contributed by atoms with Crippen LogP contribution in [0.1, 0.15) is 135 Å². The van der Waals surface area contributed by atoms with Crippen LogP contribution in [0.25, 0.3) is 22.3 Å². The monoisotopic (exact) mass is 1120 g/mol. The molecule has 0 aliphatic rings. The number of rotatable bonds is 26. The van der Waals surface area contributed by atoms with E-state index in [2.05, 4.69) is 87.7 Å². The van der Waals surface area contributed by atoms with Gasteiger partial charge in [-0.15, -0.1) is 0 Å². The first kappa shape index (κ1) is 71.6. The van der Waals surface area contributed by atoms with Crippen molar-refractivity contribution < 1.29 is 58.8 Å². The molecule has 0 saturated carbocycles. The first-order valence-electron chi connectivity index (χ1n) is 27.8. The fourth-order valence-electron chi connectivity index (χ4n) is 10.6. The third-order valence-corrected chi connectivity index (χ3v) is 14.7. The summed E-state index contributed by atoms with van der Waals surface area (Å²) in [7, 11) is 9.39. The molecule has 3 N–H and O–H groups in total. The molecule has 4 atom stereocenters. The second-order valence-corrected chi connectivity index (χ2v) is 22.9. The van der Waals surface area contributed by atoms with E-state index in [4.69, 9.17) is 4.74 Å². The number of aromatic nitrogens is 2. The van der Waals surface area contributed by atoms with E-state index in [0.29, 0.717) is 12.8 Å². The summed E-state index contributed by atoms with van der Waals surface area (Å²) in [5.74, 6) is -1.95. The molecule has 0 aliphatic heterocycles. The van der Waals surface area contributed by atoms with Gasteiger partial charge in [-0.25, -0.2) is 0 Å². The number of carbonyl (C=O) groups excluding carboxylic acids is 3. The summed E-state index contributed by atoms with van der Waals surface area (Å²) < 4.78 is 8.19. The van der Waals surface area contributed by atoms with Gasteiger partial charge < -0.3 is 39.7 Å². The fourth-order valence-corrected chi connectivity index (χ4v) is 10.6. The van der Waals surface area contributed by atoms with Crippen LogP contribution in [-0.4, -0.2) is 107 Å². The molecule has 14 nitrogen and oxygen atoms in total. The molecule has 438 valence electrons. The zero-order valence-electron chi connectivity index (χ0n) is 51.1. The Labute approximate surface area is 498 Å². The third-order valence-electron chi connectivity index (χ3n) is 14.7. The van der Waals surface area contributed by atoms with E-state index in [1.54, 1.807) is 15.2 Å². The summed E-state index contributed by atoms with van der Waals surface area (Å²) in [6, 6.07) is 33.9. The average molecular weight is 1120 g/mol. The Kier molecular flexibility index (Phi) is 29.9. The van der Waals surface area contributed by atoms with Gasteiger partial charge in [0.1, 0.15) is 0 Å². The van der Waals surface area contributed by atoms with Gasteiger partial charge in [0.25, 0.3) is 11.1 Å². The van der Waals surface area contributed by atoms with Crippen molar-refractivity contribution in [2.75, 3.05) is 48.4 Å². The Hall–Kier alpha value is -6.50. The third kappa shape index (κ3) is 21.0. The molecular formula is C67H88LiN4O10-. The van der Waals surface area contributed by atoms with Crippen LogP contribution in [0.3, 0.4) is 0 Å². The van der Waals surface area contributed by atoms with Crippen LogP contribution in [-0.2, 0) is 36.8 Å². The van der Waals surface area contributed by atoms with E-state index < -0.39 is 24.0 Å². The van der Waals surface area contributed by atoms with Gasteiger partial charge in [0.2, 0.25) is 0 Å². The molecule has 15 heteroatoms. The standard InChI is InChI=1S/C34H44N2O4.C33H42N2O4.Li.2H2O/c1-23(2)18-30(36-22-26(14-15-32(36)38)16-17-35(5)6)31(37)20-29(21-33(39)40-7)27-12-9-13-28(19-27)34-24(3)10-8-11-25(34)4;1-22(2)17-29(35-21-25(13-14-31(35)37)15-16-34(5)6)30(36)19-28(20-32(38)39)26-11-8-12-27(18-26)33-23(3)9-7-10-24(33)4;;;/h8-15,19,22-23,29-30H,16-18,20-21H2,1-7H3;7-14,18,21-22,28-29H,15-17,19-20H2,1-6H3,(H,38,39);;2*1H2/q;;+1;;/p-2/t29-,30?;28-,29?;;;/m00.../s1. The molecule has 2 unspecified atom stereocenters. The molecule has 0 radical (unpaired) electrons. The van der Waals surface area contributed by atoms with Gasteiger partial charge in [-0.2, -0.15) is 0 Å². The molecule has 0 fully saturated rings. The van der Waals surface area contributed by atoms with E-state index in [1.165, 1.54) is 24.3 Å². The minimum absolute atomic E-state index is 0. The van der Waals surface area contributed by atoms with Gasteiger partial charge in [-0.05, 0) is 160 Å². The summed E-state index contributed by atoms with van der Waals surface area (Å²) in [5, 5.41) is 9.75. The number of pyridine rings is 2. The first-order chi connectivity index (χ1) is 37.4. The van der Waals surface area contributed by atoms with Crippen molar-refractivity contribution in [1.29, 1.82) is 0 Å². The fraction of sp³-hybridized carbons (Fsp3) is 0.433. The van der Waals surface area contributed by atoms with Crippen LogP contribution in [0.2, 0.25) is 0 Å². The molecule has 0 saturated heterocycles. The number of ether oxygens (including phenoxy) is 1. The van der Waals surface area contributed by atoms with Crippen LogP contribution in [0.5, 0.6) is 0 Å². The van der Waals surface area contributed by atoms with Gasteiger partial charge in [0.05, 0.1) is 32.0 Å². The van der Waals surface area contributed by atoms with Crippen molar-refractivity contribution in [2.45, 2.75) is 131 Å². The van der Waals surface area contributed by atoms with Crippen LogP contribution in [0.4, 0.5) is 0 Å². The van der Waals surface area contributed by atoms with E-state index in [0.717, 1.165) is 81.6 Å². The van der Waals surface area contributed by atoms with E-state index >= 15 is 0 Å². The number of esters is 1.